The van der Waals surface area contributed by atoms with Crippen LogP contribution in [0.5, 0.6) is 0 Å². The van der Waals surface area contributed by atoms with Crippen molar-refractivity contribution in [2.45, 2.75) is 25.1 Å². The van der Waals surface area contributed by atoms with Crippen LogP contribution in [0.3, 0.4) is 0 Å². The standard InChI is InChI=1S/C10H15N3OS/c1-8-11-2-3-12(8)4-5-13-7-9(15)6-10(13)14/h2-3,9,15H,4-7H2,1H3. The van der Waals surface area contributed by atoms with Crippen molar-refractivity contribution >= 4 is 18.5 Å². The molecule has 0 aliphatic carbocycles. The summed E-state index contributed by atoms with van der Waals surface area (Å²) in [5, 5.41) is 0.210. The Balaban J connectivity index is 1.89. The van der Waals surface area contributed by atoms with Crippen LogP contribution in [0, 0.1) is 6.92 Å². The molecule has 2 rings (SSSR count). The fourth-order valence-electron chi connectivity index (χ4n) is 1.84. The molecule has 1 saturated heterocycles. The molecule has 1 aliphatic rings. The van der Waals surface area contributed by atoms with Crippen LogP contribution >= 0.6 is 12.6 Å². The molecule has 4 nitrogen and oxygen atoms in total. The maximum Gasteiger partial charge on any atom is 0.223 e. The summed E-state index contributed by atoms with van der Waals surface area (Å²) in [5.41, 5.74) is 0. The summed E-state index contributed by atoms with van der Waals surface area (Å²) < 4.78 is 2.05. The average molecular weight is 225 g/mol. The second kappa shape index (κ2) is 4.26. The zero-order valence-corrected chi connectivity index (χ0v) is 9.65. The van der Waals surface area contributed by atoms with Crippen molar-refractivity contribution in [3.05, 3.63) is 18.2 Å². The third-order valence-corrected chi connectivity index (χ3v) is 3.07. The lowest BCUT2D eigenvalue weighted by molar-refractivity contribution is -0.127. The lowest BCUT2D eigenvalue weighted by atomic mass is 10.4. The Hall–Kier alpha value is -0.970. The highest BCUT2D eigenvalue weighted by atomic mass is 32.1. The monoisotopic (exact) mass is 225 g/mol. The maximum absolute atomic E-state index is 11.5. The third kappa shape index (κ3) is 2.34. The third-order valence-electron chi connectivity index (χ3n) is 2.73. The Bertz CT molecular complexity index is 363. The highest BCUT2D eigenvalue weighted by molar-refractivity contribution is 7.81. The highest BCUT2D eigenvalue weighted by Gasteiger charge is 2.26. The van der Waals surface area contributed by atoms with Crippen LogP contribution in [0.4, 0.5) is 0 Å². The molecule has 1 aromatic rings. The number of likely N-dealkylation sites (tertiary alicyclic amines) is 1. The Morgan fingerprint density at radius 3 is 2.93 bits per heavy atom. The van der Waals surface area contributed by atoms with Crippen molar-refractivity contribution in [2.75, 3.05) is 13.1 Å². The van der Waals surface area contributed by atoms with E-state index in [1.807, 2.05) is 18.0 Å². The summed E-state index contributed by atoms with van der Waals surface area (Å²) in [4.78, 5) is 17.5. The number of imidazole rings is 1. The first-order chi connectivity index (χ1) is 7.16. The van der Waals surface area contributed by atoms with Gasteiger partial charge in [-0.3, -0.25) is 4.79 Å². The van der Waals surface area contributed by atoms with Crippen molar-refractivity contribution < 1.29 is 4.79 Å². The van der Waals surface area contributed by atoms with E-state index in [1.165, 1.54) is 0 Å². The zero-order chi connectivity index (χ0) is 10.8. The van der Waals surface area contributed by atoms with Gasteiger partial charge < -0.3 is 9.47 Å². The quantitative estimate of drug-likeness (QED) is 0.770. The van der Waals surface area contributed by atoms with Gasteiger partial charge in [0.05, 0.1) is 0 Å². The summed E-state index contributed by atoms with van der Waals surface area (Å²) in [6, 6.07) is 0. The maximum atomic E-state index is 11.5. The smallest absolute Gasteiger partial charge is 0.223 e. The summed E-state index contributed by atoms with van der Waals surface area (Å²) in [5.74, 6) is 1.21. The van der Waals surface area contributed by atoms with E-state index in [4.69, 9.17) is 0 Å². The van der Waals surface area contributed by atoms with E-state index in [0.29, 0.717) is 6.42 Å². The summed E-state index contributed by atoms with van der Waals surface area (Å²) in [6.45, 7) is 4.31. The molecule has 1 atom stereocenters. The second-order valence-electron chi connectivity index (χ2n) is 3.87. The number of nitrogens with zero attached hydrogens (tertiary/aromatic N) is 3. The van der Waals surface area contributed by atoms with Crippen LogP contribution in [0.2, 0.25) is 0 Å². The van der Waals surface area contributed by atoms with Gasteiger partial charge >= 0.3 is 0 Å². The summed E-state index contributed by atoms with van der Waals surface area (Å²) >= 11 is 4.32. The molecule has 0 spiro atoms. The van der Waals surface area contributed by atoms with Crippen LogP contribution in [0.15, 0.2) is 12.4 Å². The minimum absolute atomic E-state index is 0.210. The van der Waals surface area contributed by atoms with Gasteiger partial charge in [0.2, 0.25) is 5.91 Å². The van der Waals surface area contributed by atoms with E-state index in [2.05, 4.69) is 22.2 Å². The van der Waals surface area contributed by atoms with E-state index in [9.17, 15) is 4.79 Å². The first kappa shape index (κ1) is 10.5. The Morgan fingerprint density at radius 2 is 2.40 bits per heavy atom. The van der Waals surface area contributed by atoms with Crippen molar-refractivity contribution in [3.63, 3.8) is 0 Å². The molecular formula is C10H15N3OS. The molecule has 0 saturated carbocycles. The topological polar surface area (TPSA) is 38.1 Å². The fourth-order valence-corrected chi connectivity index (χ4v) is 2.19. The molecule has 0 radical (unpaired) electrons. The number of aryl methyl sites for hydroxylation is 1. The predicted octanol–water partition coefficient (Wildman–Crippen LogP) is 0.722. The van der Waals surface area contributed by atoms with Gasteiger partial charge in [0.15, 0.2) is 0 Å². The SMILES string of the molecule is Cc1nccn1CCN1CC(S)CC1=O. The molecular weight excluding hydrogens is 210 g/mol. The number of rotatable bonds is 3. The van der Waals surface area contributed by atoms with Crippen LogP contribution < -0.4 is 0 Å². The van der Waals surface area contributed by atoms with Crippen molar-refractivity contribution in [1.82, 2.24) is 14.5 Å². The number of carbonyl (C=O) groups is 1. The van der Waals surface area contributed by atoms with Crippen LogP contribution in [-0.4, -0.2) is 38.7 Å². The molecule has 1 fully saturated rings. The molecule has 15 heavy (non-hydrogen) atoms. The van der Waals surface area contributed by atoms with Crippen molar-refractivity contribution in [3.8, 4) is 0 Å². The van der Waals surface area contributed by atoms with Crippen molar-refractivity contribution in [1.29, 1.82) is 0 Å². The molecule has 0 aromatic carbocycles. The molecule has 0 bridgehead atoms. The van der Waals surface area contributed by atoms with Gasteiger partial charge in [0.25, 0.3) is 0 Å². The molecule has 1 amide bonds. The number of amides is 1. The molecule has 2 heterocycles. The van der Waals surface area contributed by atoms with E-state index >= 15 is 0 Å². The van der Waals surface area contributed by atoms with E-state index in [1.54, 1.807) is 6.20 Å². The number of carbonyl (C=O) groups excluding carboxylic acids is 1. The number of aromatic nitrogens is 2. The summed E-state index contributed by atoms with van der Waals surface area (Å²) in [6.07, 6.45) is 4.29. The molecule has 1 aliphatic heterocycles. The van der Waals surface area contributed by atoms with E-state index in [-0.39, 0.29) is 11.2 Å². The Kier molecular flexibility index (Phi) is 3.00. The number of hydrogen-bond donors (Lipinski definition) is 1. The first-order valence-corrected chi connectivity index (χ1v) is 5.62. The lowest BCUT2D eigenvalue weighted by Gasteiger charge is -2.16. The predicted molar refractivity (Wildman–Crippen MR) is 60.9 cm³/mol. The number of hydrogen-bond acceptors (Lipinski definition) is 3. The van der Waals surface area contributed by atoms with Crippen molar-refractivity contribution in [2.24, 2.45) is 0 Å². The minimum atomic E-state index is 0.210. The van der Waals surface area contributed by atoms with Gasteiger partial charge in [-0.25, -0.2) is 4.98 Å². The van der Waals surface area contributed by atoms with Gasteiger partial charge in [-0.1, -0.05) is 0 Å². The first-order valence-electron chi connectivity index (χ1n) is 5.10. The van der Waals surface area contributed by atoms with Crippen LogP contribution in [0.1, 0.15) is 12.2 Å². The number of thiol groups is 1. The average Bonchev–Trinajstić information content (AvgIpc) is 2.70. The van der Waals surface area contributed by atoms with Gasteiger partial charge in [0.1, 0.15) is 5.82 Å². The molecule has 1 unspecified atom stereocenters. The summed E-state index contributed by atoms with van der Waals surface area (Å²) in [7, 11) is 0. The molecule has 5 heteroatoms. The Morgan fingerprint density at radius 1 is 1.60 bits per heavy atom. The largest absolute Gasteiger partial charge is 0.340 e. The van der Waals surface area contributed by atoms with Crippen LogP contribution in [-0.2, 0) is 11.3 Å². The molecule has 82 valence electrons. The zero-order valence-electron chi connectivity index (χ0n) is 8.76. The highest BCUT2D eigenvalue weighted by Crippen LogP contribution is 2.15. The Labute approximate surface area is 94.7 Å². The fraction of sp³-hybridized carbons (Fsp3) is 0.600. The van der Waals surface area contributed by atoms with Gasteiger partial charge in [-0.05, 0) is 6.92 Å². The van der Waals surface area contributed by atoms with Gasteiger partial charge in [0, 0.05) is 43.7 Å². The van der Waals surface area contributed by atoms with Gasteiger partial charge in [-0.15, -0.1) is 0 Å². The lowest BCUT2D eigenvalue weighted by Crippen LogP contribution is -2.29. The van der Waals surface area contributed by atoms with E-state index < -0.39 is 0 Å². The molecule has 1 aromatic heterocycles. The molecule has 0 N–H and O–H groups in total. The normalized spacial score (nSPS) is 21.3. The second-order valence-corrected chi connectivity index (χ2v) is 4.60. The van der Waals surface area contributed by atoms with Crippen LogP contribution in [0.25, 0.3) is 0 Å². The van der Waals surface area contributed by atoms with Gasteiger partial charge in [-0.2, -0.15) is 12.6 Å². The van der Waals surface area contributed by atoms with E-state index in [0.717, 1.165) is 25.5 Å². The minimum Gasteiger partial charge on any atom is -0.340 e.